The minimum Gasteiger partial charge on any atom is -0.465 e. The third-order valence-electron chi connectivity index (χ3n) is 5.96. The number of ether oxygens (including phenoxy) is 1. The molecule has 10 nitrogen and oxygen atoms in total. The van der Waals surface area contributed by atoms with Crippen LogP contribution in [0, 0.1) is 0 Å². The minimum atomic E-state index is -4.57. The Morgan fingerprint density at radius 3 is 2.91 bits per heavy atom. The molecule has 1 saturated heterocycles. The summed E-state index contributed by atoms with van der Waals surface area (Å²) in [6, 6.07) is 2.78. The Bertz CT molecular complexity index is 1170. The molecule has 1 aliphatic heterocycles. The first-order chi connectivity index (χ1) is 15.1. The van der Waals surface area contributed by atoms with E-state index in [0.29, 0.717) is 17.9 Å². The number of rotatable bonds is 5. The molecule has 0 aromatic carbocycles. The Kier molecular flexibility index (Phi) is 4.55. The molecule has 32 heavy (non-hydrogen) atoms. The second-order valence-electron chi connectivity index (χ2n) is 8.32. The largest absolute Gasteiger partial charge is 0.465 e. The number of nitrogens with one attached hydrogen (secondary N) is 2. The number of aromatic amines is 1. The number of H-pyrrole nitrogens is 1. The molecule has 2 fully saturated rings. The highest BCUT2D eigenvalue weighted by molar-refractivity contribution is 5.67. The number of aromatic nitrogens is 5. The molecule has 13 heteroatoms. The Labute approximate surface area is 179 Å². The van der Waals surface area contributed by atoms with Crippen molar-refractivity contribution in [3.8, 4) is 0 Å². The zero-order chi connectivity index (χ0) is 22.7. The molecule has 2 aliphatic rings. The van der Waals surface area contributed by atoms with Crippen LogP contribution in [0.4, 0.5) is 29.7 Å². The molecule has 0 bridgehead atoms. The van der Waals surface area contributed by atoms with Crippen molar-refractivity contribution in [1.82, 2.24) is 29.5 Å². The van der Waals surface area contributed by atoms with Crippen LogP contribution in [0.2, 0.25) is 0 Å². The molecule has 0 spiro atoms. The van der Waals surface area contributed by atoms with Crippen molar-refractivity contribution in [3.63, 3.8) is 0 Å². The van der Waals surface area contributed by atoms with Gasteiger partial charge in [0.15, 0.2) is 11.5 Å². The summed E-state index contributed by atoms with van der Waals surface area (Å²) in [4.78, 5) is 20.9. The van der Waals surface area contributed by atoms with Crippen molar-refractivity contribution >= 4 is 23.5 Å². The van der Waals surface area contributed by atoms with E-state index in [1.165, 1.54) is 21.6 Å². The number of carboxylic acid groups (broad SMARTS) is 1. The third kappa shape index (κ3) is 3.61. The van der Waals surface area contributed by atoms with Gasteiger partial charge in [-0.3, -0.25) is 14.4 Å². The maximum Gasteiger partial charge on any atom is 0.434 e. The van der Waals surface area contributed by atoms with Crippen molar-refractivity contribution in [1.29, 1.82) is 0 Å². The molecule has 170 valence electrons. The second kappa shape index (κ2) is 7.08. The van der Waals surface area contributed by atoms with Gasteiger partial charge in [0.1, 0.15) is 11.8 Å². The Morgan fingerprint density at radius 2 is 2.22 bits per heavy atom. The molecule has 3 aromatic rings. The van der Waals surface area contributed by atoms with Gasteiger partial charge >= 0.3 is 12.3 Å². The zero-order valence-electron chi connectivity index (χ0n) is 16.9. The summed E-state index contributed by atoms with van der Waals surface area (Å²) in [6.07, 6.45) is -1.54. The van der Waals surface area contributed by atoms with Gasteiger partial charge in [0, 0.05) is 30.4 Å². The molecule has 5 rings (SSSR count). The van der Waals surface area contributed by atoms with Gasteiger partial charge in [-0.1, -0.05) is 0 Å². The summed E-state index contributed by atoms with van der Waals surface area (Å²) >= 11 is 0. The van der Waals surface area contributed by atoms with Crippen LogP contribution in [0.25, 0.3) is 5.65 Å². The van der Waals surface area contributed by atoms with Crippen molar-refractivity contribution in [2.45, 2.75) is 50.0 Å². The average Bonchev–Trinajstić information content (AvgIpc) is 3.16. The predicted octanol–water partition coefficient (Wildman–Crippen LogP) is 3.58. The quantitative estimate of drug-likeness (QED) is 0.542. The van der Waals surface area contributed by atoms with E-state index in [-0.39, 0.29) is 35.9 Å². The Hall–Kier alpha value is -3.35. The number of hydrogen-bond donors (Lipinski definition) is 3. The van der Waals surface area contributed by atoms with Crippen LogP contribution in [0.15, 0.2) is 24.5 Å². The summed E-state index contributed by atoms with van der Waals surface area (Å²) in [5, 5.41) is 19.5. The first-order valence-corrected chi connectivity index (χ1v) is 10.0. The lowest BCUT2D eigenvalue weighted by molar-refractivity contribution is -0.140. The van der Waals surface area contributed by atoms with E-state index in [1.807, 2.05) is 6.92 Å². The van der Waals surface area contributed by atoms with Crippen molar-refractivity contribution in [3.05, 3.63) is 35.9 Å². The monoisotopic (exact) mass is 451 g/mol. The Balaban J connectivity index is 1.32. The third-order valence-corrected chi connectivity index (χ3v) is 5.96. The van der Waals surface area contributed by atoms with E-state index in [0.717, 1.165) is 19.0 Å². The minimum absolute atomic E-state index is 0.0925. The lowest BCUT2D eigenvalue weighted by atomic mass is 10.1. The van der Waals surface area contributed by atoms with Crippen molar-refractivity contribution in [2.75, 3.05) is 11.9 Å². The van der Waals surface area contributed by atoms with Crippen LogP contribution in [0.3, 0.4) is 0 Å². The van der Waals surface area contributed by atoms with E-state index in [9.17, 15) is 23.1 Å². The highest BCUT2D eigenvalue weighted by Crippen LogP contribution is 2.45. The molecule has 0 unspecified atom stereocenters. The molecule has 2 atom stereocenters. The summed E-state index contributed by atoms with van der Waals surface area (Å²) in [6.45, 7) is 2.21. The highest BCUT2D eigenvalue weighted by Gasteiger charge is 2.50. The maximum absolute atomic E-state index is 13.0. The van der Waals surface area contributed by atoms with Gasteiger partial charge in [-0.15, -0.1) is 0 Å². The molecule has 1 amide bonds. The number of halogens is 3. The Morgan fingerprint density at radius 1 is 1.44 bits per heavy atom. The smallest absolute Gasteiger partial charge is 0.434 e. The summed E-state index contributed by atoms with van der Waals surface area (Å²) < 4.78 is 46.0. The van der Waals surface area contributed by atoms with Gasteiger partial charge in [-0.25, -0.2) is 14.8 Å². The zero-order valence-corrected chi connectivity index (χ0v) is 16.9. The number of amides is 1. The molecule has 0 radical (unpaired) electrons. The van der Waals surface area contributed by atoms with Crippen LogP contribution in [-0.2, 0) is 10.9 Å². The van der Waals surface area contributed by atoms with Crippen LogP contribution in [0.5, 0.6) is 0 Å². The van der Waals surface area contributed by atoms with Gasteiger partial charge in [0.25, 0.3) is 0 Å². The normalized spacial score (nSPS) is 22.2. The van der Waals surface area contributed by atoms with Crippen LogP contribution in [-0.4, -0.2) is 58.9 Å². The van der Waals surface area contributed by atoms with Gasteiger partial charge in [-0.05, 0) is 25.8 Å². The molecule has 1 aliphatic carbocycles. The fourth-order valence-corrected chi connectivity index (χ4v) is 4.08. The highest BCUT2D eigenvalue weighted by atomic mass is 19.4. The predicted molar refractivity (Wildman–Crippen MR) is 104 cm³/mol. The fraction of sp³-hybridized carbons (Fsp3) is 0.474. The van der Waals surface area contributed by atoms with Crippen LogP contribution in [0.1, 0.15) is 43.7 Å². The number of hydrogen-bond acceptors (Lipinski definition) is 6. The summed E-state index contributed by atoms with van der Waals surface area (Å²) in [7, 11) is 0. The number of imidazole rings is 1. The lowest BCUT2D eigenvalue weighted by Gasteiger charge is -2.31. The number of carbonyl (C=O) groups is 1. The van der Waals surface area contributed by atoms with Crippen LogP contribution < -0.4 is 5.32 Å². The van der Waals surface area contributed by atoms with E-state index in [2.05, 4.69) is 25.5 Å². The number of fused-ring (bicyclic) bond motifs is 1. The van der Waals surface area contributed by atoms with Gasteiger partial charge in [-0.2, -0.15) is 18.3 Å². The molecule has 3 aromatic heterocycles. The van der Waals surface area contributed by atoms with Gasteiger partial charge in [0.2, 0.25) is 5.95 Å². The molecule has 1 saturated carbocycles. The molecular formula is C19H20F3N7O3. The standard InChI is InChI=1S/C19H20F3N7O3/c1-18(3-4-18)29(17(30)31)10-6-12(32-9-10)11-7-14(27-26-11)25-16-23-5-2-15-24-13(8-28(15)16)19(20,21)22/h2,5,7-8,10,12H,3-4,6,9H2,1H3,(H,30,31)(H2,23,25,26,27)/t10-,12+/m1/s1. The molecular weight excluding hydrogens is 431 g/mol. The van der Waals surface area contributed by atoms with E-state index in [4.69, 9.17) is 4.74 Å². The average molecular weight is 451 g/mol. The van der Waals surface area contributed by atoms with Gasteiger partial charge in [0.05, 0.1) is 18.3 Å². The first kappa shape index (κ1) is 20.5. The number of nitrogens with zero attached hydrogens (tertiary/aromatic N) is 5. The second-order valence-corrected chi connectivity index (χ2v) is 8.32. The van der Waals surface area contributed by atoms with Gasteiger partial charge < -0.3 is 15.2 Å². The van der Waals surface area contributed by atoms with Crippen molar-refractivity contribution in [2.24, 2.45) is 0 Å². The SMILES string of the molecule is CC1(N(C(=O)O)[C@H]2CO[C@H](c3cc(Nc4nccc5nc(C(F)(F)F)cn45)n[nH]3)C2)CC1. The van der Waals surface area contributed by atoms with Crippen LogP contribution >= 0.6 is 0 Å². The number of anilines is 2. The fourth-order valence-electron chi connectivity index (χ4n) is 4.08. The van der Waals surface area contributed by atoms with Crippen molar-refractivity contribution < 1.29 is 27.8 Å². The summed E-state index contributed by atoms with van der Waals surface area (Å²) in [5.41, 5.74) is -0.626. The molecule has 4 heterocycles. The lowest BCUT2D eigenvalue weighted by Crippen LogP contribution is -2.47. The molecule has 3 N–H and O–H groups in total. The number of alkyl halides is 3. The van der Waals surface area contributed by atoms with E-state index >= 15 is 0 Å². The maximum atomic E-state index is 13.0. The summed E-state index contributed by atoms with van der Waals surface area (Å²) in [5.74, 6) is 0.450. The topological polar surface area (TPSA) is 121 Å². The van der Waals surface area contributed by atoms with E-state index < -0.39 is 18.0 Å². The van der Waals surface area contributed by atoms with E-state index in [1.54, 1.807) is 6.07 Å². The first-order valence-electron chi connectivity index (χ1n) is 10.0.